The van der Waals surface area contributed by atoms with E-state index in [2.05, 4.69) is 10.2 Å². The summed E-state index contributed by atoms with van der Waals surface area (Å²) in [5.41, 5.74) is 3.43. The topological polar surface area (TPSA) is 237 Å². The van der Waals surface area contributed by atoms with E-state index in [1.54, 1.807) is 124 Å². The van der Waals surface area contributed by atoms with Crippen molar-refractivity contribution in [2.24, 2.45) is 0 Å². The second-order valence-electron chi connectivity index (χ2n) is 18.9. The number of sulfone groups is 2. The Hall–Kier alpha value is -5.92. The first-order chi connectivity index (χ1) is 35.5. The highest BCUT2D eigenvalue weighted by Gasteiger charge is 2.23. The zero-order chi connectivity index (χ0) is 56.2. The van der Waals surface area contributed by atoms with Crippen LogP contribution in [0.2, 0.25) is 0 Å². The highest BCUT2D eigenvalue weighted by atomic mass is 32.2. The van der Waals surface area contributed by atoms with Crippen LogP contribution in [0.15, 0.2) is 107 Å². The maximum atomic E-state index is 13.4. The lowest BCUT2D eigenvalue weighted by Gasteiger charge is -2.17. The van der Waals surface area contributed by atoms with Crippen molar-refractivity contribution in [2.45, 2.75) is 82.0 Å². The molecule has 0 saturated carbocycles. The molecule has 0 aliphatic carbocycles. The smallest absolute Gasteiger partial charge is 0.220 e. The van der Waals surface area contributed by atoms with Gasteiger partial charge in [-0.1, -0.05) is 0 Å². The predicted molar refractivity (Wildman–Crippen MR) is 291 cm³/mol. The maximum Gasteiger partial charge on any atom is 0.220 e. The van der Waals surface area contributed by atoms with Gasteiger partial charge in [-0.15, -0.1) is 0 Å². The molecule has 19 nitrogen and oxygen atoms in total. The monoisotopic (exact) mass is 1130 g/mol. The van der Waals surface area contributed by atoms with Gasteiger partial charge in [0.2, 0.25) is 7.37 Å². The molecule has 412 valence electrons. The van der Waals surface area contributed by atoms with Crippen LogP contribution in [0.25, 0.3) is 0 Å². The molecule has 6 rings (SSSR count). The lowest BCUT2D eigenvalue weighted by Crippen LogP contribution is -2.18. The van der Waals surface area contributed by atoms with E-state index in [0.717, 1.165) is 18.2 Å². The first-order valence-corrected chi connectivity index (χ1v) is 32.8. The summed E-state index contributed by atoms with van der Waals surface area (Å²) in [6, 6.07) is 25.4. The van der Waals surface area contributed by atoms with Gasteiger partial charge in [0.1, 0.15) is 60.1 Å². The van der Waals surface area contributed by atoms with Crippen LogP contribution in [-0.4, -0.2) is 127 Å². The number of hydrogen-bond acceptors (Lipinski definition) is 17. The van der Waals surface area contributed by atoms with E-state index < -0.39 is 34.2 Å². The zero-order valence-corrected chi connectivity index (χ0v) is 48.4. The Morgan fingerprint density at radius 3 is 1.46 bits per heavy atom. The standard InChI is InChI=1S/C27H35N2O8PS.C26H33N2O7PS/c1-7-35-38(5,31)18-29-22(12-19(2)28-29)15-27(30)21-13-24(36-20(3)17-34-4)16-25(14-21)37-23-8-10-26(11-9-23)39(6,32)33;1-18-11-21(27-28(18)17-36(4,5)30)14-26(29)20-12-23(34-19(2)16-33-3)15-24(13-20)35-22-7-9-25(10-8-22)37(6,31)32/h8-14,16,20H,7,15,17-18H2,1-6H3;7-13,15,19H,14,16-17H2,1-6H3/t20-,38?;19-/m00/s1. The number of carbonyl (C=O) groups is 2. The molecular weight excluding hydrogens is 1060 g/mol. The van der Waals surface area contributed by atoms with E-state index in [0.29, 0.717) is 88.8 Å². The van der Waals surface area contributed by atoms with Gasteiger partial charge in [-0.2, -0.15) is 10.2 Å². The fraction of sp³-hybridized carbons (Fsp3) is 0.396. The van der Waals surface area contributed by atoms with Crippen molar-refractivity contribution in [2.75, 3.05) is 66.5 Å². The largest absolute Gasteiger partial charge is 0.488 e. The Labute approximate surface area is 445 Å². The van der Waals surface area contributed by atoms with Gasteiger partial charge in [-0.3, -0.25) is 23.5 Å². The van der Waals surface area contributed by atoms with Crippen LogP contribution < -0.4 is 18.9 Å². The van der Waals surface area contributed by atoms with Crippen LogP contribution in [-0.2, 0) is 68.2 Å². The lowest BCUT2D eigenvalue weighted by atomic mass is 10.1. The third-order valence-electron chi connectivity index (χ3n) is 10.8. The number of ether oxygens (including phenoxy) is 6. The van der Waals surface area contributed by atoms with Crippen LogP contribution in [0.1, 0.15) is 64.3 Å². The number of aryl methyl sites for hydroxylation is 2. The zero-order valence-electron chi connectivity index (χ0n) is 45.0. The number of aromatic nitrogens is 4. The second kappa shape index (κ2) is 26.4. The third-order valence-corrected chi connectivity index (χ3v) is 15.6. The normalized spacial score (nSPS) is 13.4. The number of methoxy groups -OCH3 is 2. The Morgan fingerprint density at radius 2 is 1.04 bits per heavy atom. The minimum absolute atomic E-state index is 0.00649. The molecule has 0 saturated heterocycles. The van der Waals surface area contributed by atoms with Gasteiger partial charge in [0.05, 0.1) is 60.1 Å². The number of ketones is 2. The Balaban J connectivity index is 0.000000281. The van der Waals surface area contributed by atoms with E-state index in [9.17, 15) is 35.6 Å². The Bertz CT molecular complexity index is 3300. The average Bonchev–Trinajstić information content (AvgIpc) is 3.82. The Kier molecular flexibility index (Phi) is 21.2. The molecule has 0 aliphatic rings. The van der Waals surface area contributed by atoms with E-state index in [4.69, 9.17) is 32.9 Å². The molecular formula is C53H68N4O15P2S2. The van der Waals surface area contributed by atoms with Gasteiger partial charge < -0.3 is 37.5 Å². The molecule has 4 aromatic carbocycles. The van der Waals surface area contributed by atoms with Crippen molar-refractivity contribution in [3.8, 4) is 34.5 Å². The van der Waals surface area contributed by atoms with Crippen molar-refractivity contribution < 1.29 is 68.5 Å². The van der Waals surface area contributed by atoms with Gasteiger partial charge in [0, 0.05) is 68.0 Å². The number of benzene rings is 4. The minimum atomic E-state index is -3.35. The summed E-state index contributed by atoms with van der Waals surface area (Å²) in [5.74, 6) is 1.93. The molecule has 23 heteroatoms. The summed E-state index contributed by atoms with van der Waals surface area (Å²) >= 11 is 0. The molecule has 2 aromatic heterocycles. The molecule has 0 fully saturated rings. The fourth-order valence-corrected chi connectivity index (χ4v) is 11.1. The van der Waals surface area contributed by atoms with Crippen LogP contribution in [0, 0.1) is 13.8 Å². The van der Waals surface area contributed by atoms with E-state index in [1.165, 1.54) is 24.3 Å². The van der Waals surface area contributed by atoms with Crippen molar-refractivity contribution in [3.05, 3.63) is 131 Å². The average molecular weight is 1130 g/mol. The van der Waals surface area contributed by atoms with Crippen LogP contribution in [0.4, 0.5) is 0 Å². The SMILES string of the molecule is CCOP(C)(=O)Cn1nc(C)cc1CC(=O)c1cc(Oc2ccc(S(C)(=O)=O)cc2)cc(O[C@@H](C)COC)c1.COC[C@H](C)Oc1cc(Oc2ccc(S(C)(=O)=O)cc2)cc(C(=O)Cc2cc(C)n(CP(C)(C)=O)n2)c1. The van der Waals surface area contributed by atoms with Gasteiger partial charge >= 0.3 is 0 Å². The summed E-state index contributed by atoms with van der Waals surface area (Å²) < 4.78 is 115. The molecule has 0 N–H and O–H groups in total. The van der Waals surface area contributed by atoms with E-state index in [-0.39, 0.29) is 52.7 Å². The van der Waals surface area contributed by atoms with Crippen molar-refractivity contribution in [1.82, 2.24) is 19.6 Å². The summed E-state index contributed by atoms with van der Waals surface area (Å²) in [4.78, 5) is 27.0. The number of Topliss-reactive ketones (excluding diaryl/α,β-unsaturated/α-hetero) is 2. The quantitative estimate of drug-likeness (QED) is 0.0363. The summed E-state index contributed by atoms with van der Waals surface area (Å²) in [6.45, 7) is 15.1. The summed E-state index contributed by atoms with van der Waals surface area (Å²) in [7, 11) is -8.80. The minimum Gasteiger partial charge on any atom is -0.488 e. The molecule has 0 spiro atoms. The number of rotatable bonds is 26. The molecule has 76 heavy (non-hydrogen) atoms. The second-order valence-corrected chi connectivity index (χ2v) is 28.9. The maximum absolute atomic E-state index is 13.4. The van der Waals surface area contributed by atoms with Crippen molar-refractivity contribution in [1.29, 1.82) is 0 Å². The number of hydrogen-bond donors (Lipinski definition) is 0. The summed E-state index contributed by atoms with van der Waals surface area (Å²) in [6.07, 6.45) is 2.13. The molecule has 2 heterocycles. The molecule has 0 aliphatic heterocycles. The first-order valence-electron chi connectivity index (χ1n) is 24.0. The first kappa shape index (κ1) is 60.9. The van der Waals surface area contributed by atoms with Gasteiger partial charge in [-0.25, -0.2) is 16.8 Å². The molecule has 0 radical (unpaired) electrons. The van der Waals surface area contributed by atoms with E-state index >= 15 is 0 Å². The van der Waals surface area contributed by atoms with Crippen LogP contribution in [0.5, 0.6) is 34.5 Å². The molecule has 0 bridgehead atoms. The fourth-order valence-electron chi connectivity index (χ4n) is 7.59. The molecule has 0 amide bonds. The van der Waals surface area contributed by atoms with Gasteiger partial charge in [-0.05, 0) is 133 Å². The highest BCUT2D eigenvalue weighted by Crippen LogP contribution is 2.44. The van der Waals surface area contributed by atoms with E-state index in [1.807, 2.05) is 26.8 Å². The predicted octanol–water partition coefficient (Wildman–Crippen LogP) is 9.93. The Morgan fingerprint density at radius 1 is 0.592 bits per heavy atom. The summed E-state index contributed by atoms with van der Waals surface area (Å²) in [5, 5.41) is 8.88. The number of nitrogens with zero attached hydrogens (tertiary/aromatic N) is 4. The third kappa shape index (κ3) is 19.3. The van der Waals surface area contributed by atoms with Crippen molar-refractivity contribution >= 4 is 45.8 Å². The van der Waals surface area contributed by atoms with Crippen LogP contribution in [0.3, 0.4) is 0 Å². The highest BCUT2D eigenvalue weighted by molar-refractivity contribution is 7.91. The number of carbonyl (C=O) groups excluding carboxylic acids is 2. The molecule has 6 aromatic rings. The van der Waals surface area contributed by atoms with Crippen LogP contribution >= 0.6 is 14.5 Å². The molecule has 3 atom stereocenters. The van der Waals surface area contributed by atoms with Gasteiger partial charge in [0.25, 0.3) is 0 Å². The van der Waals surface area contributed by atoms with Crippen molar-refractivity contribution in [3.63, 3.8) is 0 Å². The molecule has 1 unspecified atom stereocenters. The van der Waals surface area contributed by atoms with Gasteiger partial charge in [0.15, 0.2) is 31.2 Å². The lowest BCUT2D eigenvalue weighted by molar-refractivity contribution is 0.0914.